The normalized spacial score (nSPS) is 13.1. The van der Waals surface area contributed by atoms with E-state index in [1.807, 2.05) is 97.4 Å². The molecular weight excluding hydrogens is 402 g/mol. The number of rotatable bonds is 5. The summed E-state index contributed by atoms with van der Waals surface area (Å²) in [6.45, 7) is 4.10. The first-order valence-electron chi connectivity index (χ1n) is 10.5. The Morgan fingerprint density at radius 3 is 2.41 bits per heavy atom. The summed E-state index contributed by atoms with van der Waals surface area (Å²) in [6.07, 6.45) is 0. The van der Waals surface area contributed by atoms with Crippen molar-refractivity contribution in [1.82, 2.24) is 15.1 Å². The zero-order valence-corrected chi connectivity index (χ0v) is 17.9. The Kier molecular flexibility index (Phi) is 5.11. The Hall–Kier alpha value is -4.06. The van der Waals surface area contributed by atoms with E-state index in [2.05, 4.69) is 5.32 Å². The van der Waals surface area contributed by atoms with Crippen LogP contribution in [0.5, 0.6) is 11.5 Å². The molecule has 0 unspecified atom stereocenters. The van der Waals surface area contributed by atoms with Crippen molar-refractivity contribution < 1.29 is 14.3 Å². The van der Waals surface area contributed by atoms with Gasteiger partial charge in [0, 0.05) is 5.56 Å². The first-order valence-corrected chi connectivity index (χ1v) is 10.5. The van der Waals surface area contributed by atoms with Crippen LogP contribution >= 0.6 is 0 Å². The number of nitrogens with zero attached hydrogens (tertiary/aromatic N) is 2. The van der Waals surface area contributed by atoms with Gasteiger partial charge in [0.05, 0.1) is 23.0 Å². The number of ether oxygens (including phenoxy) is 2. The minimum absolute atomic E-state index is 0.172. The van der Waals surface area contributed by atoms with E-state index in [4.69, 9.17) is 14.6 Å². The van der Waals surface area contributed by atoms with Gasteiger partial charge in [0.15, 0.2) is 11.5 Å². The Labute approximate surface area is 186 Å². The summed E-state index contributed by atoms with van der Waals surface area (Å²) in [7, 11) is 0. The molecule has 0 aliphatic carbocycles. The van der Waals surface area contributed by atoms with Crippen LogP contribution in [0.3, 0.4) is 0 Å². The van der Waals surface area contributed by atoms with Gasteiger partial charge in [-0.3, -0.25) is 4.79 Å². The van der Waals surface area contributed by atoms with Gasteiger partial charge in [-0.2, -0.15) is 5.10 Å². The van der Waals surface area contributed by atoms with E-state index in [1.54, 1.807) is 0 Å². The van der Waals surface area contributed by atoms with Gasteiger partial charge in [-0.05, 0) is 43.7 Å². The molecule has 6 heteroatoms. The van der Waals surface area contributed by atoms with E-state index in [0.717, 1.165) is 28.3 Å². The van der Waals surface area contributed by atoms with Crippen LogP contribution in [0, 0.1) is 6.92 Å². The highest BCUT2D eigenvalue weighted by atomic mass is 16.7. The molecule has 5 rings (SSSR count). The largest absolute Gasteiger partial charge is 0.454 e. The molecule has 3 aromatic carbocycles. The maximum absolute atomic E-state index is 13.5. The third kappa shape index (κ3) is 3.60. The predicted molar refractivity (Wildman–Crippen MR) is 122 cm³/mol. The lowest BCUT2D eigenvalue weighted by molar-refractivity contribution is 0.0939. The second kappa shape index (κ2) is 8.23. The van der Waals surface area contributed by atoms with Crippen LogP contribution in [-0.4, -0.2) is 22.5 Å². The SMILES string of the molecule is Cc1c(C(=O)N[C@@H](C)c2ccc3c(c2)OCO3)c(-c2ccccc2)nn1-c1ccccc1. The summed E-state index contributed by atoms with van der Waals surface area (Å²) < 4.78 is 12.7. The van der Waals surface area contributed by atoms with Crippen molar-refractivity contribution in [2.24, 2.45) is 0 Å². The molecule has 1 atom stereocenters. The number of hydrogen-bond donors (Lipinski definition) is 1. The average molecular weight is 425 g/mol. The summed E-state index contributed by atoms with van der Waals surface area (Å²) in [5, 5.41) is 7.95. The molecule has 4 aromatic rings. The smallest absolute Gasteiger partial charge is 0.255 e. The lowest BCUT2D eigenvalue weighted by Gasteiger charge is -2.15. The van der Waals surface area contributed by atoms with E-state index >= 15 is 0 Å². The molecule has 0 spiro atoms. The van der Waals surface area contributed by atoms with Crippen LogP contribution in [-0.2, 0) is 0 Å². The maximum Gasteiger partial charge on any atom is 0.255 e. The number of aromatic nitrogens is 2. The number of carbonyl (C=O) groups is 1. The molecule has 0 saturated carbocycles. The van der Waals surface area contributed by atoms with Gasteiger partial charge in [-0.15, -0.1) is 0 Å². The number of fused-ring (bicyclic) bond motifs is 1. The van der Waals surface area contributed by atoms with E-state index in [1.165, 1.54) is 0 Å². The van der Waals surface area contributed by atoms with Gasteiger partial charge in [-0.1, -0.05) is 54.6 Å². The Balaban J connectivity index is 1.51. The first kappa shape index (κ1) is 19.9. The zero-order valence-electron chi connectivity index (χ0n) is 17.9. The average Bonchev–Trinajstić information content (AvgIpc) is 3.44. The molecule has 1 aliphatic rings. The summed E-state index contributed by atoms with van der Waals surface area (Å²) in [6, 6.07) is 25.1. The second-order valence-corrected chi connectivity index (χ2v) is 7.73. The quantitative estimate of drug-likeness (QED) is 0.485. The molecule has 6 nitrogen and oxygen atoms in total. The summed E-state index contributed by atoms with van der Waals surface area (Å²) in [5.41, 5.74) is 4.74. The maximum atomic E-state index is 13.5. The fraction of sp³-hybridized carbons (Fsp3) is 0.154. The van der Waals surface area contributed by atoms with Crippen molar-refractivity contribution in [3.63, 3.8) is 0 Å². The predicted octanol–water partition coefficient (Wildman–Crippen LogP) is 5.07. The van der Waals surface area contributed by atoms with Crippen molar-refractivity contribution in [3.05, 3.63) is 95.7 Å². The fourth-order valence-electron chi connectivity index (χ4n) is 3.93. The van der Waals surface area contributed by atoms with Gasteiger partial charge in [0.25, 0.3) is 5.91 Å². The number of carbonyl (C=O) groups excluding carboxylic acids is 1. The number of benzene rings is 3. The minimum Gasteiger partial charge on any atom is -0.454 e. The molecule has 0 saturated heterocycles. The second-order valence-electron chi connectivity index (χ2n) is 7.73. The van der Waals surface area contributed by atoms with Crippen molar-refractivity contribution in [1.29, 1.82) is 0 Å². The fourth-order valence-corrected chi connectivity index (χ4v) is 3.93. The Morgan fingerprint density at radius 2 is 1.66 bits per heavy atom. The highest BCUT2D eigenvalue weighted by molar-refractivity contribution is 6.01. The molecule has 0 fully saturated rings. The van der Waals surface area contributed by atoms with Gasteiger partial charge in [-0.25, -0.2) is 4.68 Å². The first-order chi connectivity index (χ1) is 15.6. The summed E-state index contributed by atoms with van der Waals surface area (Å²) in [5.74, 6) is 1.24. The highest BCUT2D eigenvalue weighted by Gasteiger charge is 2.25. The van der Waals surface area contributed by atoms with Crippen LogP contribution in [0.2, 0.25) is 0 Å². The molecule has 0 bridgehead atoms. The van der Waals surface area contributed by atoms with Crippen LogP contribution in [0.1, 0.15) is 34.6 Å². The van der Waals surface area contributed by atoms with Crippen molar-refractivity contribution in [2.45, 2.75) is 19.9 Å². The van der Waals surface area contributed by atoms with Gasteiger partial charge in [0.1, 0.15) is 5.69 Å². The number of nitrogens with one attached hydrogen (secondary N) is 1. The Bertz CT molecular complexity index is 1270. The molecular formula is C26H23N3O3. The zero-order chi connectivity index (χ0) is 22.1. The van der Waals surface area contributed by atoms with Gasteiger partial charge in [0.2, 0.25) is 6.79 Å². The molecule has 1 amide bonds. The molecule has 1 aliphatic heterocycles. The minimum atomic E-state index is -0.222. The number of amides is 1. The van der Waals surface area contributed by atoms with E-state index < -0.39 is 0 Å². The monoisotopic (exact) mass is 425 g/mol. The third-order valence-electron chi connectivity index (χ3n) is 5.64. The van der Waals surface area contributed by atoms with Crippen molar-refractivity contribution >= 4 is 5.91 Å². The molecule has 0 radical (unpaired) electrons. The number of hydrogen-bond acceptors (Lipinski definition) is 4. The number of para-hydroxylation sites is 1. The van der Waals surface area contributed by atoms with Gasteiger partial charge >= 0.3 is 0 Å². The van der Waals surface area contributed by atoms with Gasteiger partial charge < -0.3 is 14.8 Å². The Morgan fingerprint density at radius 1 is 0.969 bits per heavy atom. The van der Waals surface area contributed by atoms with Crippen LogP contribution < -0.4 is 14.8 Å². The van der Waals surface area contributed by atoms with Crippen LogP contribution in [0.4, 0.5) is 0 Å². The molecule has 160 valence electrons. The highest BCUT2D eigenvalue weighted by Crippen LogP contribution is 2.34. The van der Waals surface area contributed by atoms with E-state index in [0.29, 0.717) is 17.0 Å². The van der Waals surface area contributed by atoms with Crippen molar-refractivity contribution in [2.75, 3.05) is 6.79 Å². The van der Waals surface area contributed by atoms with E-state index in [9.17, 15) is 4.79 Å². The van der Waals surface area contributed by atoms with Crippen molar-refractivity contribution in [3.8, 4) is 28.4 Å². The lowest BCUT2D eigenvalue weighted by atomic mass is 10.0. The summed E-state index contributed by atoms with van der Waals surface area (Å²) >= 11 is 0. The molecule has 1 aromatic heterocycles. The van der Waals surface area contributed by atoms with E-state index in [-0.39, 0.29) is 18.7 Å². The summed E-state index contributed by atoms with van der Waals surface area (Å²) in [4.78, 5) is 13.5. The van der Waals surface area contributed by atoms with Crippen LogP contribution in [0.25, 0.3) is 16.9 Å². The molecule has 2 heterocycles. The third-order valence-corrected chi connectivity index (χ3v) is 5.64. The topological polar surface area (TPSA) is 65.4 Å². The molecule has 1 N–H and O–H groups in total. The molecule has 32 heavy (non-hydrogen) atoms. The lowest BCUT2D eigenvalue weighted by Crippen LogP contribution is -2.27. The van der Waals surface area contributed by atoms with Crippen LogP contribution in [0.15, 0.2) is 78.9 Å². The standard InChI is InChI=1S/C26H23N3O3/c1-17(20-13-14-22-23(15-20)32-16-31-22)27-26(30)24-18(2)29(21-11-7-4-8-12-21)28-25(24)19-9-5-3-6-10-19/h3-15,17H,16H2,1-2H3,(H,27,30)/t17-/m0/s1.